The minimum absolute atomic E-state index is 0.0947. The molecule has 8 nitrogen and oxygen atoms in total. The van der Waals surface area contributed by atoms with Gasteiger partial charge >= 0.3 is 18.1 Å². The zero-order valence-corrected chi connectivity index (χ0v) is 20.6. The number of nitrogens with two attached hydrogens (primary N) is 1. The second-order valence-electron chi connectivity index (χ2n) is 7.40. The van der Waals surface area contributed by atoms with E-state index in [1.54, 1.807) is 0 Å². The molecule has 0 fully saturated rings. The first-order valence-corrected chi connectivity index (χ1v) is 11.2. The van der Waals surface area contributed by atoms with Crippen LogP contribution in [0.2, 0.25) is 0 Å². The minimum Gasteiger partial charge on any atom is -0.475 e. The van der Waals surface area contributed by atoms with Crippen LogP contribution in [0.5, 0.6) is 0 Å². The fourth-order valence-electron chi connectivity index (χ4n) is 2.65. The molecule has 4 N–H and O–H groups in total. The lowest BCUT2D eigenvalue weighted by molar-refractivity contribution is -0.192. The van der Waals surface area contributed by atoms with Crippen LogP contribution in [0.15, 0.2) is 24.3 Å². The van der Waals surface area contributed by atoms with Crippen molar-refractivity contribution in [2.24, 2.45) is 11.7 Å². The van der Waals surface area contributed by atoms with Crippen molar-refractivity contribution < 1.29 is 37.4 Å². The molecule has 0 radical (unpaired) electrons. The van der Waals surface area contributed by atoms with Gasteiger partial charge in [-0.1, -0.05) is 26.0 Å². The standard InChI is InChI=1S/C19H29Cl2N3O3.C2HF3O2/c1-13(2)17(19(26)27-3)23-18(25)16(22)12-14-4-6-15(7-5-14)24(10-8-20)11-9-21;3-2(4,5)1(6)7/h4-7,13,16-17H,8-12,22H2,1-3H3,(H,23,25);(H,6,7)/t16-,17+;/m1./s1. The third-order valence-electron chi connectivity index (χ3n) is 4.46. The van der Waals surface area contributed by atoms with Gasteiger partial charge in [0.1, 0.15) is 6.04 Å². The lowest BCUT2D eigenvalue weighted by Crippen LogP contribution is -2.51. The molecule has 1 aromatic carbocycles. The van der Waals surface area contributed by atoms with Crippen molar-refractivity contribution in [3.8, 4) is 0 Å². The summed E-state index contributed by atoms with van der Waals surface area (Å²) in [7, 11) is 1.29. The van der Waals surface area contributed by atoms with Gasteiger partial charge in [-0.15, -0.1) is 23.2 Å². The normalized spacial score (nSPS) is 12.8. The molecule has 0 unspecified atom stereocenters. The largest absolute Gasteiger partial charge is 0.490 e. The summed E-state index contributed by atoms with van der Waals surface area (Å²) in [4.78, 5) is 35.1. The van der Waals surface area contributed by atoms with E-state index < -0.39 is 30.2 Å². The lowest BCUT2D eigenvalue weighted by Gasteiger charge is -2.23. The van der Waals surface area contributed by atoms with Gasteiger partial charge in [0, 0.05) is 30.5 Å². The number of rotatable bonds is 11. The zero-order chi connectivity index (χ0) is 26.5. The average Bonchev–Trinajstić information content (AvgIpc) is 2.76. The van der Waals surface area contributed by atoms with E-state index in [1.165, 1.54) is 7.11 Å². The molecule has 0 spiro atoms. The molecule has 194 valence electrons. The summed E-state index contributed by atoms with van der Waals surface area (Å²) in [5, 5.41) is 9.80. The van der Waals surface area contributed by atoms with Crippen LogP contribution in [-0.4, -0.2) is 73.2 Å². The third-order valence-corrected chi connectivity index (χ3v) is 4.80. The van der Waals surface area contributed by atoms with Gasteiger partial charge in [0.2, 0.25) is 5.91 Å². The Morgan fingerprint density at radius 3 is 1.94 bits per heavy atom. The molecule has 34 heavy (non-hydrogen) atoms. The molecule has 0 aromatic heterocycles. The van der Waals surface area contributed by atoms with Crippen LogP contribution in [0.3, 0.4) is 0 Å². The van der Waals surface area contributed by atoms with E-state index in [4.69, 9.17) is 43.6 Å². The summed E-state index contributed by atoms with van der Waals surface area (Å²) in [5.41, 5.74) is 7.97. The Balaban J connectivity index is 0.00000135. The van der Waals surface area contributed by atoms with Crippen LogP contribution < -0.4 is 16.0 Å². The molecule has 1 aromatic rings. The molecule has 1 amide bonds. The SMILES string of the molecule is COC(=O)[C@@H](NC(=O)[C@H](N)Cc1ccc(N(CCCl)CCCl)cc1)C(C)C.O=C(O)C(F)(F)F. The maximum absolute atomic E-state index is 12.3. The molecule has 0 saturated carbocycles. The first-order valence-electron chi connectivity index (χ1n) is 10.2. The Kier molecular flexibility index (Phi) is 14.6. The summed E-state index contributed by atoms with van der Waals surface area (Å²) >= 11 is 11.7. The maximum Gasteiger partial charge on any atom is 0.490 e. The number of carbonyl (C=O) groups excluding carboxylic acids is 2. The van der Waals surface area contributed by atoms with Gasteiger partial charge in [0.25, 0.3) is 0 Å². The number of nitrogens with zero attached hydrogens (tertiary/aromatic N) is 1. The number of ether oxygens (including phenoxy) is 1. The van der Waals surface area contributed by atoms with Crippen molar-refractivity contribution in [2.45, 2.75) is 38.5 Å². The smallest absolute Gasteiger partial charge is 0.475 e. The van der Waals surface area contributed by atoms with Crippen molar-refractivity contribution in [1.29, 1.82) is 0 Å². The predicted molar refractivity (Wildman–Crippen MR) is 124 cm³/mol. The van der Waals surface area contributed by atoms with Gasteiger partial charge in [0.15, 0.2) is 0 Å². The number of esters is 1. The molecule has 0 aliphatic carbocycles. The van der Waals surface area contributed by atoms with Crippen molar-refractivity contribution in [3.63, 3.8) is 0 Å². The van der Waals surface area contributed by atoms with E-state index in [1.807, 2.05) is 38.1 Å². The number of aliphatic carboxylic acids is 1. The summed E-state index contributed by atoms with van der Waals surface area (Å²) < 4.78 is 36.5. The molecular formula is C21H30Cl2F3N3O5. The highest BCUT2D eigenvalue weighted by atomic mass is 35.5. The van der Waals surface area contributed by atoms with Crippen LogP contribution in [-0.2, 0) is 25.5 Å². The lowest BCUT2D eigenvalue weighted by atomic mass is 10.0. The zero-order valence-electron chi connectivity index (χ0n) is 19.1. The van der Waals surface area contributed by atoms with E-state index in [-0.39, 0.29) is 11.8 Å². The number of nitrogens with one attached hydrogen (secondary N) is 1. The van der Waals surface area contributed by atoms with Crippen molar-refractivity contribution in [1.82, 2.24) is 5.32 Å². The number of carboxylic acid groups (broad SMARTS) is 1. The van der Waals surface area contributed by atoms with Gasteiger partial charge in [-0.3, -0.25) is 4.79 Å². The Labute approximate surface area is 206 Å². The summed E-state index contributed by atoms with van der Waals surface area (Å²) in [6, 6.07) is 6.31. The Morgan fingerprint density at radius 1 is 1.12 bits per heavy atom. The van der Waals surface area contributed by atoms with Crippen molar-refractivity contribution in [2.75, 3.05) is 36.9 Å². The Morgan fingerprint density at radius 2 is 1.59 bits per heavy atom. The quantitative estimate of drug-likeness (QED) is 0.296. The highest BCUT2D eigenvalue weighted by Gasteiger charge is 2.38. The fraction of sp³-hybridized carbons (Fsp3) is 0.571. The number of methoxy groups -OCH3 is 1. The molecule has 13 heteroatoms. The number of carboxylic acids is 1. The number of anilines is 1. The van der Waals surface area contributed by atoms with Crippen LogP contribution in [0, 0.1) is 5.92 Å². The molecule has 1 rings (SSSR count). The molecule has 0 heterocycles. The van der Waals surface area contributed by atoms with Crippen LogP contribution >= 0.6 is 23.2 Å². The van der Waals surface area contributed by atoms with Crippen LogP contribution in [0.1, 0.15) is 19.4 Å². The Bertz CT molecular complexity index is 774. The van der Waals surface area contributed by atoms with Crippen molar-refractivity contribution >= 4 is 46.7 Å². The Hall–Kier alpha value is -2.24. The van der Waals surface area contributed by atoms with Gasteiger partial charge in [-0.05, 0) is 30.0 Å². The van der Waals surface area contributed by atoms with Crippen molar-refractivity contribution in [3.05, 3.63) is 29.8 Å². The number of halogens is 5. The second-order valence-corrected chi connectivity index (χ2v) is 8.15. The van der Waals surface area contributed by atoms with Gasteiger partial charge < -0.3 is 25.8 Å². The molecule has 0 saturated heterocycles. The number of benzene rings is 1. The number of alkyl halides is 5. The van der Waals surface area contributed by atoms with E-state index >= 15 is 0 Å². The minimum atomic E-state index is -5.08. The number of hydrogen-bond donors (Lipinski definition) is 3. The number of hydrogen-bond acceptors (Lipinski definition) is 6. The van der Waals surface area contributed by atoms with Gasteiger partial charge in [0.05, 0.1) is 13.2 Å². The molecule has 0 aliphatic heterocycles. The van der Waals surface area contributed by atoms with E-state index in [0.717, 1.165) is 11.3 Å². The highest BCUT2D eigenvalue weighted by Crippen LogP contribution is 2.17. The van der Waals surface area contributed by atoms with E-state index in [9.17, 15) is 22.8 Å². The summed E-state index contributed by atoms with van der Waals surface area (Å²) in [6.45, 7) is 5.08. The highest BCUT2D eigenvalue weighted by molar-refractivity contribution is 6.18. The molecule has 2 atom stereocenters. The number of carbonyl (C=O) groups is 3. The monoisotopic (exact) mass is 531 g/mol. The first-order chi connectivity index (χ1) is 15.8. The average molecular weight is 532 g/mol. The van der Waals surface area contributed by atoms with Crippen LogP contribution in [0.25, 0.3) is 0 Å². The topological polar surface area (TPSA) is 122 Å². The van der Waals surface area contributed by atoms with E-state index in [0.29, 0.717) is 31.3 Å². The van der Waals surface area contributed by atoms with Gasteiger partial charge in [-0.25, -0.2) is 9.59 Å². The fourth-order valence-corrected chi connectivity index (χ4v) is 3.06. The summed E-state index contributed by atoms with van der Waals surface area (Å²) in [5.74, 6) is -2.68. The first kappa shape index (κ1) is 31.8. The second kappa shape index (κ2) is 15.6. The number of amides is 1. The molecule has 0 bridgehead atoms. The van der Waals surface area contributed by atoms with Gasteiger partial charge in [-0.2, -0.15) is 13.2 Å². The molecule has 0 aliphatic rings. The maximum atomic E-state index is 12.3. The predicted octanol–water partition coefficient (Wildman–Crippen LogP) is 2.79. The molecular weight excluding hydrogens is 502 g/mol. The van der Waals surface area contributed by atoms with Crippen LogP contribution in [0.4, 0.5) is 18.9 Å². The summed E-state index contributed by atoms with van der Waals surface area (Å²) in [6.07, 6.45) is -4.72. The third kappa shape index (κ3) is 11.8. The van der Waals surface area contributed by atoms with E-state index in [2.05, 4.69) is 10.2 Å².